The van der Waals surface area contributed by atoms with Gasteiger partial charge >= 0.3 is 0 Å². The first-order valence-corrected chi connectivity index (χ1v) is 5.94. The van der Waals surface area contributed by atoms with Crippen molar-refractivity contribution in [2.75, 3.05) is 0 Å². The Hall–Kier alpha value is -1.08. The predicted octanol–water partition coefficient (Wildman–Crippen LogP) is 4.68. The molecule has 0 unspecified atom stereocenters. The van der Waals surface area contributed by atoms with E-state index in [4.69, 9.17) is 0 Å². The van der Waals surface area contributed by atoms with Crippen LogP contribution in [-0.2, 0) is 6.42 Å². The first-order chi connectivity index (χ1) is 7.29. The Morgan fingerprint density at radius 2 is 1.27 bits per heavy atom. The summed E-state index contributed by atoms with van der Waals surface area (Å²) >= 11 is 3.44. The molecule has 2 aromatic rings. The lowest BCUT2D eigenvalue weighted by atomic mass is 10.0. The van der Waals surface area contributed by atoms with Gasteiger partial charge in [0.25, 0.3) is 0 Å². The molecule has 0 aliphatic rings. The van der Waals surface area contributed by atoms with Gasteiger partial charge in [0, 0.05) is 4.47 Å². The maximum absolute atomic E-state index is 3.44. The van der Waals surface area contributed by atoms with Gasteiger partial charge in [-0.3, -0.25) is 0 Å². The highest BCUT2D eigenvalue weighted by Crippen LogP contribution is 2.22. The molecule has 15 heavy (non-hydrogen) atoms. The minimum absolute atomic E-state index is 1.10. The highest BCUT2D eigenvalue weighted by Gasteiger charge is 1.96. The summed E-state index contributed by atoms with van der Waals surface area (Å²) in [5, 5.41) is 0. The minimum Gasteiger partial charge on any atom is -0.0613 e. The number of aryl methyl sites for hydroxylation is 1. The Kier molecular flexibility index (Phi) is 3.22. The van der Waals surface area contributed by atoms with Gasteiger partial charge in [0.1, 0.15) is 0 Å². The van der Waals surface area contributed by atoms with Crippen molar-refractivity contribution in [3.63, 3.8) is 0 Å². The van der Waals surface area contributed by atoms with Crippen molar-refractivity contribution in [1.82, 2.24) is 0 Å². The van der Waals surface area contributed by atoms with E-state index in [0.717, 1.165) is 10.9 Å². The highest BCUT2D eigenvalue weighted by molar-refractivity contribution is 9.10. The molecule has 0 nitrogen and oxygen atoms in total. The third-order valence-electron chi connectivity index (χ3n) is 2.54. The van der Waals surface area contributed by atoms with Gasteiger partial charge in [0.05, 0.1) is 0 Å². The smallest absolute Gasteiger partial charge is 0.0175 e. The van der Waals surface area contributed by atoms with Crippen molar-refractivity contribution in [2.45, 2.75) is 13.3 Å². The van der Waals surface area contributed by atoms with E-state index in [9.17, 15) is 0 Å². The number of halogens is 1. The lowest BCUT2D eigenvalue weighted by Crippen LogP contribution is -1.81. The summed E-state index contributed by atoms with van der Waals surface area (Å²) in [7, 11) is 0. The Balaban J connectivity index is 2.33. The molecule has 0 bridgehead atoms. The molecule has 2 rings (SSSR count). The molecular formula is C14H13Br. The quantitative estimate of drug-likeness (QED) is 0.736. The zero-order chi connectivity index (χ0) is 10.7. The van der Waals surface area contributed by atoms with Crippen molar-refractivity contribution in [1.29, 1.82) is 0 Å². The van der Waals surface area contributed by atoms with Crippen molar-refractivity contribution in [2.24, 2.45) is 0 Å². The molecule has 0 radical (unpaired) electrons. The van der Waals surface area contributed by atoms with Gasteiger partial charge in [-0.05, 0) is 35.2 Å². The summed E-state index contributed by atoms with van der Waals surface area (Å²) < 4.78 is 1.12. The number of rotatable bonds is 2. The Bertz CT molecular complexity index is 426. The first-order valence-electron chi connectivity index (χ1n) is 5.14. The van der Waals surface area contributed by atoms with Crippen LogP contribution in [0.1, 0.15) is 12.5 Å². The van der Waals surface area contributed by atoms with Gasteiger partial charge in [-0.2, -0.15) is 0 Å². The summed E-state index contributed by atoms with van der Waals surface area (Å²) in [5.74, 6) is 0. The molecule has 2 aromatic carbocycles. The molecule has 1 heteroatoms. The van der Waals surface area contributed by atoms with Crippen LogP contribution in [0.25, 0.3) is 11.1 Å². The van der Waals surface area contributed by atoms with Crippen LogP contribution in [-0.4, -0.2) is 0 Å². The van der Waals surface area contributed by atoms with Gasteiger partial charge in [0.15, 0.2) is 0 Å². The van der Waals surface area contributed by atoms with E-state index in [1.54, 1.807) is 0 Å². The summed E-state index contributed by atoms with van der Waals surface area (Å²) in [6.07, 6.45) is 1.10. The van der Waals surface area contributed by atoms with Crippen LogP contribution < -0.4 is 0 Å². The summed E-state index contributed by atoms with van der Waals surface area (Å²) in [4.78, 5) is 0. The standard InChI is InChI=1S/C14H13Br/c1-2-11-3-5-12(6-4-11)13-7-9-14(15)10-8-13/h3-10H,2H2,1H3. The van der Waals surface area contributed by atoms with Gasteiger partial charge in [0.2, 0.25) is 0 Å². The largest absolute Gasteiger partial charge is 0.0613 e. The molecule has 0 heterocycles. The van der Waals surface area contributed by atoms with Crippen LogP contribution in [0.5, 0.6) is 0 Å². The predicted molar refractivity (Wildman–Crippen MR) is 69.0 cm³/mol. The average molecular weight is 261 g/mol. The first kappa shape index (κ1) is 10.4. The molecule has 0 fully saturated rings. The SMILES string of the molecule is CCc1ccc(-c2ccc(Br)cc2)cc1. The van der Waals surface area contributed by atoms with Gasteiger partial charge < -0.3 is 0 Å². The third-order valence-corrected chi connectivity index (χ3v) is 3.07. The van der Waals surface area contributed by atoms with Crippen LogP contribution in [0, 0.1) is 0 Å². The van der Waals surface area contributed by atoms with Crippen molar-refractivity contribution in [3.8, 4) is 11.1 Å². The molecule has 76 valence electrons. The second-order valence-corrected chi connectivity index (χ2v) is 4.47. The van der Waals surface area contributed by atoms with E-state index in [2.05, 4.69) is 71.4 Å². The molecule has 0 amide bonds. The fourth-order valence-electron chi connectivity index (χ4n) is 1.58. The normalized spacial score (nSPS) is 10.3. The average Bonchev–Trinajstić information content (AvgIpc) is 2.30. The van der Waals surface area contributed by atoms with E-state index in [1.165, 1.54) is 16.7 Å². The molecule has 0 aliphatic carbocycles. The Labute approximate surface area is 99.1 Å². The maximum atomic E-state index is 3.44. The third kappa shape index (κ3) is 2.48. The zero-order valence-corrected chi connectivity index (χ0v) is 10.3. The number of hydrogen-bond donors (Lipinski definition) is 0. The second kappa shape index (κ2) is 4.63. The van der Waals surface area contributed by atoms with Gasteiger partial charge in [-0.1, -0.05) is 59.3 Å². The van der Waals surface area contributed by atoms with E-state index in [0.29, 0.717) is 0 Å². The fourth-order valence-corrected chi connectivity index (χ4v) is 1.84. The molecule has 0 spiro atoms. The van der Waals surface area contributed by atoms with Crippen LogP contribution in [0.3, 0.4) is 0 Å². The highest BCUT2D eigenvalue weighted by atomic mass is 79.9. The van der Waals surface area contributed by atoms with Crippen LogP contribution in [0.4, 0.5) is 0 Å². The van der Waals surface area contributed by atoms with Crippen molar-refractivity contribution >= 4 is 15.9 Å². The molecule has 0 N–H and O–H groups in total. The lowest BCUT2D eigenvalue weighted by Gasteiger charge is -2.03. The topological polar surface area (TPSA) is 0 Å². The van der Waals surface area contributed by atoms with E-state index in [1.807, 2.05) is 0 Å². The molecular weight excluding hydrogens is 248 g/mol. The van der Waals surface area contributed by atoms with E-state index < -0.39 is 0 Å². The molecule has 0 atom stereocenters. The van der Waals surface area contributed by atoms with Crippen LogP contribution in [0.2, 0.25) is 0 Å². The second-order valence-electron chi connectivity index (χ2n) is 3.56. The monoisotopic (exact) mass is 260 g/mol. The molecule has 0 saturated heterocycles. The lowest BCUT2D eigenvalue weighted by molar-refractivity contribution is 1.14. The van der Waals surface area contributed by atoms with E-state index >= 15 is 0 Å². The van der Waals surface area contributed by atoms with Crippen molar-refractivity contribution in [3.05, 3.63) is 58.6 Å². The Morgan fingerprint density at radius 3 is 1.73 bits per heavy atom. The van der Waals surface area contributed by atoms with Crippen LogP contribution in [0.15, 0.2) is 53.0 Å². The number of hydrogen-bond acceptors (Lipinski definition) is 0. The molecule has 0 aliphatic heterocycles. The summed E-state index contributed by atoms with van der Waals surface area (Å²) in [5.41, 5.74) is 3.93. The summed E-state index contributed by atoms with van der Waals surface area (Å²) in [6.45, 7) is 2.18. The molecule has 0 aromatic heterocycles. The fraction of sp³-hybridized carbons (Fsp3) is 0.143. The maximum Gasteiger partial charge on any atom is 0.0175 e. The van der Waals surface area contributed by atoms with Gasteiger partial charge in [-0.15, -0.1) is 0 Å². The molecule has 0 saturated carbocycles. The Morgan fingerprint density at radius 1 is 0.800 bits per heavy atom. The summed E-state index contributed by atoms with van der Waals surface area (Å²) in [6, 6.07) is 17.2. The zero-order valence-electron chi connectivity index (χ0n) is 8.70. The minimum atomic E-state index is 1.10. The number of benzene rings is 2. The van der Waals surface area contributed by atoms with Crippen LogP contribution >= 0.6 is 15.9 Å². The van der Waals surface area contributed by atoms with Crippen molar-refractivity contribution < 1.29 is 0 Å². The van der Waals surface area contributed by atoms with E-state index in [-0.39, 0.29) is 0 Å². The van der Waals surface area contributed by atoms with Gasteiger partial charge in [-0.25, -0.2) is 0 Å².